The van der Waals surface area contributed by atoms with Gasteiger partial charge in [-0.3, -0.25) is 9.69 Å². The van der Waals surface area contributed by atoms with Crippen molar-refractivity contribution >= 4 is 30.7 Å². The summed E-state index contributed by atoms with van der Waals surface area (Å²) < 4.78 is 26.4. The van der Waals surface area contributed by atoms with Crippen LogP contribution in [0.15, 0.2) is 18.2 Å². The molecule has 1 amide bonds. The van der Waals surface area contributed by atoms with Crippen molar-refractivity contribution in [1.82, 2.24) is 10.2 Å². The van der Waals surface area contributed by atoms with Gasteiger partial charge in [0, 0.05) is 37.6 Å². The Morgan fingerprint density at radius 2 is 1.67 bits per heavy atom. The van der Waals surface area contributed by atoms with Crippen LogP contribution in [0.5, 0.6) is 0 Å². The number of fused-ring (bicyclic) bond motifs is 2. The summed E-state index contributed by atoms with van der Waals surface area (Å²) in [4.78, 5) is 15.0. The minimum Gasteiger partial charge on any atom is -0.353 e. The Hall–Kier alpha value is -0.950. The van der Waals surface area contributed by atoms with Crippen LogP contribution >= 0.6 is 24.8 Å². The molecule has 4 rings (SSSR count). The first-order valence-corrected chi connectivity index (χ1v) is 10.7. The molecule has 2 saturated carbocycles. The van der Waals surface area contributed by atoms with Gasteiger partial charge in [0.15, 0.2) is 11.6 Å². The predicted molar refractivity (Wildman–Crippen MR) is 119 cm³/mol. The highest BCUT2D eigenvalue weighted by molar-refractivity contribution is 5.85. The first-order valence-electron chi connectivity index (χ1n) is 10.7. The first kappa shape index (κ1) is 25.3. The Balaban J connectivity index is 0.00000160. The van der Waals surface area contributed by atoms with Crippen LogP contribution in [0, 0.1) is 29.4 Å². The largest absolute Gasteiger partial charge is 0.353 e. The van der Waals surface area contributed by atoms with Gasteiger partial charge in [-0.05, 0) is 68.1 Å². The first-order chi connectivity index (χ1) is 13.5. The van der Waals surface area contributed by atoms with Crippen LogP contribution in [-0.2, 0) is 11.3 Å². The molecule has 0 radical (unpaired) electrons. The molecule has 3 N–H and O–H groups in total. The van der Waals surface area contributed by atoms with Gasteiger partial charge in [-0.15, -0.1) is 24.8 Å². The molecular formula is C22H33Cl2F2N3O. The van der Waals surface area contributed by atoms with Crippen LogP contribution in [0.1, 0.15) is 50.5 Å². The van der Waals surface area contributed by atoms with Gasteiger partial charge in [-0.25, -0.2) is 8.78 Å². The number of nitrogens with one attached hydrogen (secondary N) is 1. The predicted octanol–water partition coefficient (Wildman–Crippen LogP) is 4.04. The van der Waals surface area contributed by atoms with Gasteiger partial charge in [0.2, 0.25) is 5.91 Å². The van der Waals surface area contributed by atoms with E-state index in [9.17, 15) is 13.6 Å². The third-order valence-electron chi connectivity index (χ3n) is 7.11. The number of benzene rings is 1. The van der Waals surface area contributed by atoms with Gasteiger partial charge in [0.25, 0.3) is 0 Å². The van der Waals surface area contributed by atoms with Gasteiger partial charge in [-0.1, -0.05) is 12.5 Å². The third-order valence-corrected chi connectivity index (χ3v) is 7.11. The van der Waals surface area contributed by atoms with E-state index in [0.717, 1.165) is 44.3 Å². The number of rotatable bonds is 4. The number of likely N-dealkylation sites (tertiary alicyclic amines) is 1. The van der Waals surface area contributed by atoms with Crippen molar-refractivity contribution in [1.29, 1.82) is 0 Å². The molecule has 3 fully saturated rings. The summed E-state index contributed by atoms with van der Waals surface area (Å²) in [5.74, 6) is -0.241. The fourth-order valence-electron chi connectivity index (χ4n) is 5.45. The van der Waals surface area contributed by atoms with Crippen LogP contribution in [0.3, 0.4) is 0 Å². The molecule has 3 aliphatic rings. The van der Waals surface area contributed by atoms with E-state index in [-0.39, 0.29) is 48.7 Å². The van der Waals surface area contributed by atoms with Gasteiger partial charge < -0.3 is 11.1 Å². The summed E-state index contributed by atoms with van der Waals surface area (Å²) in [5.41, 5.74) is 7.13. The second-order valence-electron chi connectivity index (χ2n) is 9.00. The van der Waals surface area contributed by atoms with Gasteiger partial charge in [0.1, 0.15) is 0 Å². The van der Waals surface area contributed by atoms with Gasteiger partial charge >= 0.3 is 0 Å². The van der Waals surface area contributed by atoms with Crippen molar-refractivity contribution in [3.05, 3.63) is 35.4 Å². The Bertz CT molecular complexity index is 702. The molecule has 0 spiro atoms. The maximum Gasteiger partial charge on any atom is 0.223 e. The van der Waals surface area contributed by atoms with E-state index in [2.05, 4.69) is 10.2 Å². The second-order valence-corrected chi connectivity index (χ2v) is 9.00. The van der Waals surface area contributed by atoms with Gasteiger partial charge in [0.05, 0.1) is 0 Å². The van der Waals surface area contributed by atoms with Crippen molar-refractivity contribution in [3.63, 3.8) is 0 Å². The number of amides is 1. The summed E-state index contributed by atoms with van der Waals surface area (Å²) in [6.45, 7) is 2.32. The molecule has 2 atom stereocenters. The molecule has 4 nitrogen and oxygen atoms in total. The topological polar surface area (TPSA) is 58.4 Å². The van der Waals surface area contributed by atoms with E-state index in [1.807, 2.05) is 0 Å². The van der Waals surface area contributed by atoms with Crippen LogP contribution < -0.4 is 11.1 Å². The molecule has 170 valence electrons. The lowest BCUT2D eigenvalue weighted by atomic mass is 9.65. The molecule has 1 aromatic carbocycles. The number of piperidine rings is 1. The van der Waals surface area contributed by atoms with Crippen molar-refractivity contribution in [2.45, 2.75) is 63.6 Å². The zero-order valence-corrected chi connectivity index (χ0v) is 18.8. The number of nitrogens with zero attached hydrogens (tertiary/aromatic N) is 1. The van der Waals surface area contributed by atoms with E-state index in [4.69, 9.17) is 5.73 Å². The smallest absolute Gasteiger partial charge is 0.223 e. The minimum atomic E-state index is -0.807. The molecular weight excluding hydrogens is 431 g/mol. The summed E-state index contributed by atoms with van der Waals surface area (Å²) in [7, 11) is 0. The lowest BCUT2D eigenvalue weighted by Gasteiger charge is -2.44. The number of hydrogen-bond donors (Lipinski definition) is 2. The van der Waals surface area contributed by atoms with Crippen molar-refractivity contribution in [2.75, 3.05) is 13.1 Å². The van der Waals surface area contributed by atoms with Crippen LogP contribution in [-0.4, -0.2) is 36.0 Å². The van der Waals surface area contributed by atoms with Crippen LogP contribution in [0.2, 0.25) is 0 Å². The second kappa shape index (κ2) is 11.1. The van der Waals surface area contributed by atoms with Crippen molar-refractivity contribution in [2.24, 2.45) is 23.5 Å². The van der Waals surface area contributed by atoms with E-state index in [1.54, 1.807) is 6.07 Å². The molecule has 1 aromatic rings. The fourth-order valence-corrected chi connectivity index (χ4v) is 5.45. The Kier molecular flexibility index (Phi) is 9.34. The Morgan fingerprint density at radius 3 is 2.27 bits per heavy atom. The minimum absolute atomic E-state index is 0. The number of nitrogens with two attached hydrogens (primary N) is 1. The maximum atomic E-state index is 13.4. The average molecular weight is 464 g/mol. The normalized spacial score (nSPS) is 29.4. The molecule has 2 unspecified atom stereocenters. The standard InChI is InChI=1S/C22H31F2N3O.2ClH/c23-19-5-4-14(10-20(19)24)13-27-8-6-18(7-9-27)26-22(28)17-11-15-2-1-3-16(12-17)21(15)25;;/h4-5,10,15-18,21H,1-3,6-9,11-13,25H2,(H,26,28);2*1H. The molecule has 0 aromatic heterocycles. The maximum absolute atomic E-state index is 13.4. The Morgan fingerprint density at radius 1 is 1.03 bits per heavy atom. The Labute approximate surface area is 190 Å². The lowest BCUT2D eigenvalue weighted by molar-refractivity contribution is -0.129. The van der Waals surface area contributed by atoms with Crippen LogP contribution in [0.4, 0.5) is 8.78 Å². The van der Waals surface area contributed by atoms with Gasteiger partial charge in [-0.2, -0.15) is 0 Å². The van der Waals surface area contributed by atoms with E-state index in [0.29, 0.717) is 18.4 Å². The van der Waals surface area contributed by atoms with E-state index < -0.39 is 11.6 Å². The molecule has 1 saturated heterocycles. The number of halogens is 4. The highest BCUT2D eigenvalue weighted by Crippen LogP contribution is 2.42. The van der Waals surface area contributed by atoms with Crippen molar-refractivity contribution < 1.29 is 13.6 Å². The SMILES string of the molecule is Cl.Cl.NC1C2CCCC1CC(C(=O)NC1CCN(Cc3ccc(F)c(F)c3)CC1)C2. The molecule has 1 heterocycles. The zero-order chi connectivity index (χ0) is 19.7. The quantitative estimate of drug-likeness (QED) is 0.707. The number of hydrogen-bond acceptors (Lipinski definition) is 3. The summed E-state index contributed by atoms with van der Waals surface area (Å²) in [5, 5.41) is 3.28. The molecule has 30 heavy (non-hydrogen) atoms. The highest BCUT2D eigenvalue weighted by atomic mass is 35.5. The lowest BCUT2D eigenvalue weighted by Crippen LogP contribution is -2.51. The molecule has 8 heteroatoms. The monoisotopic (exact) mass is 463 g/mol. The number of carbonyl (C=O) groups excluding carboxylic acids is 1. The van der Waals surface area contributed by atoms with E-state index in [1.165, 1.54) is 31.4 Å². The van der Waals surface area contributed by atoms with Crippen molar-refractivity contribution in [3.8, 4) is 0 Å². The third kappa shape index (κ3) is 5.84. The highest BCUT2D eigenvalue weighted by Gasteiger charge is 2.40. The zero-order valence-electron chi connectivity index (χ0n) is 17.2. The summed E-state index contributed by atoms with van der Waals surface area (Å²) in [6, 6.07) is 4.59. The fraction of sp³-hybridized carbons (Fsp3) is 0.682. The molecule has 2 bridgehead atoms. The summed E-state index contributed by atoms with van der Waals surface area (Å²) >= 11 is 0. The molecule has 2 aliphatic carbocycles. The number of carbonyl (C=O) groups is 1. The average Bonchev–Trinajstić information content (AvgIpc) is 2.66. The summed E-state index contributed by atoms with van der Waals surface area (Å²) in [6.07, 6.45) is 7.28. The van der Waals surface area contributed by atoms with Crippen LogP contribution in [0.25, 0.3) is 0 Å². The molecule has 1 aliphatic heterocycles. The van der Waals surface area contributed by atoms with E-state index >= 15 is 0 Å².